The molecule has 118 valence electrons. The molecule has 0 saturated carbocycles. The molecule has 0 aromatic carbocycles. The molecule has 1 aliphatic rings. The fourth-order valence-electron chi connectivity index (χ4n) is 2.72. The monoisotopic (exact) mass is 282 g/mol. The van der Waals surface area contributed by atoms with Crippen LogP contribution in [0.25, 0.3) is 0 Å². The summed E-state index contributed by atoms with van der Waals surface area (Å²) in [5, 5.41) is 3.21. The normalized spacial score (nSPS) is 19.0. The molecule has 0 aromatic heterocycles. The number of unbranched alkanes of at least 4 members (excludes halogenated alkanes) is 3. The second-order valence-corrected chi connectivity index (χ2v) is 6.18. The second kappa shape index (κ2) is 11.0. The Labute approximate surface area is 125 Å². The zero-order valence-electron chi connectivity index (χ0n) is 13.5. The number of hydrogen-bond acceptors (Lipinski definition) is 2. The molecule has 1 atom stereocenters. The third-order valence-corrected chi connectivity index (χ3v) is 3.93. The molecule has 1 unspecified atom stereocenters. The van der Waals surface area contributed by atoms with Crippen molar-refractivity contribution in [3.63, 3.8) is 0 Å². The van der Waals surface area contributed by atoms with Gasteiger partial charge in [0.05, 0.1) is 0 Å². The van der Waals surface area contributed by atoms with Crippen molar-refractivity contribution in [3.8, 4) is 0 Å². The van der Waals surface area contributed by atoms with Crippen LogP contribution in [-0.2, 0) is 0 Å². The first-order chi connectivity index (χ1) is 9.72. The number of rotatable bonds is 9. The predicted molar refractivity (Wildman–Crippen MR) is 88.1 cm³/mol. The smallest absolute Gasteiger partial charge is 0.188 e. The maximum Gasteiger partial charge on any atom is 0.188 e. The summed E-state index contributed by atoms with van der Waals surface area (Å²) in [7, 11) is 0. The number of nitrogens with two attached hydrogens (primary N) is 1. The van der Waals surface area contributed by atoms with Crippen molar-refractivity contribution in [1.29, 1.82) is 0 Å². The van der Waals surface area contributed by atoms with Crippen LogP contribution >= 0.6 is 0 Å². The summed E-state index contributed by atoms with van der Waals surface area (Å²) in [4.78, 5) is 7.03. The fourth-order valence-corrected chi connectivity index (χ4v) is 2.72. The number of nitrogens with one attached hydrogen (secondary N) is 1. The van der Waals surface area contributed by atoms with Crippen LogP contribution in [-0.4, -0.2) is 43.6 Å². The lowest BCUT2D eigenvalue weighted by atomic mass is 10.1. The van der Waals surface area contributed by atoms with Crippen LogP contribution in [0.3, 0.4) is 0 Å². The van der Waals surface area contributed by atoms with Gasteiger partial charge in [0.15, 0.2) is 5.96 Å². The molecule has 0 spiro atoms. The maximum atomic E-state index is 5.90. The van der Waals surface area contributed by atoms with E-state index in [0.29, 0.717) is 11.9 Å². The highest BCUT2D eigenvalue weighted by Crippen LogP contribution is 2.10. The number of nitrogens with zero attached hydrogens (tertiary/aromatic N) is 2. The van der Waals surface area contributed by atoms with E-state index in [0.717, 1.165) is 19.6 Å². The Kier molecular flexibility index (Phi) is 9.46. The minimum atomic E-state index is 0.591. The van der Waals surface area contributed by atoms with E-state index >= 15 is 0 Å². The highest BCUT2D eigenvalue weighted by Gasteiger charge is 2.12. The first-order valence-corrected chi connectivity index (χ1v) is 8.48. The molecule has 0 amide bonds. The van der Waals surface area contributed by atoms with E-state index in [4.69, 9.17) is 5.73 Å². The van der Waals surface area contributed by atoms with Gasteiger partial charge in [-0.1, -0.05) is 39.5 Å². The van der Waals surface area contributed by atoms with E-state index in [9.17, 15) is 0 Å². The Balaban J connectivity index is 2.07. The molecule has 0 radical (unpaired) electrons. The summed E-state index contributed by atoms with van der Waals surface area (Å²) < 4.78 is 0. The van der Waals surface area contributed by atoms with Gasteiger partial charge in [0, 0.05) is 19.6 Å². The van der Waals surface area contributed by atoms with Gasteiger partial charge in [-0.15, -0.1) is 0 Å². The number of piperidine rings is 1. The van der Waals surface area contributed by atoms with Crippen molar-refractivity contribution in [2.45, 2.75) is 58.8 Å². The van der Waals surface area contributed by atoms with E-state index < -0.39 is 0 Å². The molecule has 1 rings (SSSR count). The average molecular weight is 282 g/mol. The molecule has 4 nitrogen and oxygen atoms in total. The average Bonchev–Trinajstić information content (AvgIpc) is 2.46. The van der Waals surface area contributed by atoms with Gasteiger partial charge in [-0.3, -0.25) is 4.99 Å². The summed E-state index contributed by atoms with van der Waals surface area (Å²) in [6, 6.07) is 0. The van der Waals surface area contributed by atoms with Crippen LogP contribution in [0.2, 0.25) is 0 Å². The van der Waals surface area contributed by atoms with Gasteiger partial charge in [-0.25, -0.2) is 0 Å². The number of hydrogen-bond donors (Lipinski definition) is 2. The topological polar surface area (TPSA) is 53.6 Å². The molecule has 0 aromatic rings. The summed E-state index contributed by atoms with van der Waals surface area (Å²) in [5.41, 5.74) is 5.90. The second-order valence-electron chi connectivity index (χ2n) is 6.18. The highest BCUT2D eigenvalue weighted by molar-refractivity contribution is 5.77. The first-order valence-electron chi connectivity index (χ1n) is 8.48. The van der Waals surface area contributed by atoms with Gasteiger partial charge in [-0.05, 0) is 38.3 Å². The summed E-state index contributed by atoms with van der Waals surface area (Å²) in [5.74, 6) is 1.21. The zero-order valence-corrected chi connectivity index (χ0v) is 13.5. The van der Waals surface area contributed by atoms with Crippen molar-refractivity contribution < 1.29 is 0 Å². The molecule has 0 aliphatic carbocycles. The molecule has 20 heavy (non-hydrogen) atoms. The van der Waals surface area contributed by atoms with Crippen LogP contribution in [0.4, 0.5) is 0 Å². The third kappa shape index (κ3) is 8.41. The predicted octanol–water partition coefficient (Wildman–Crippen LogP) is 2.59. The Bertz CT molecular complexity index is 259. The minimum absolute atomic E-state index is 0.591. The molecular weight excluding hydrogens is 248 g/mol. The zero-order chi connectivity index (χ0) is 14.6. The van der Waals surface area contributed by atoms with Crippen molar-refractivity contribution in [3.05, 3.63) is 0 Å². The Morgan fingerprint density at radius 3 is 2.65 bits per heavy atom. The first kappa shape index (κ1) is 17.3. The molecule has 1 saturated heterocycles. The van der Waals surface area contributed by atoms with Crippen LogP contribution in [0.5, 0.6) is 0 Å². The van der Waals surface area contributed by atoms with Crippen molar-refractivity contribution in [1.82, 2.24) is 10.2 Å². The summed E-state index contributed by atoms with van der Waals surface area (Å²) in [6.07, 6.45) is 9.17. The van der Waals surface area contributed by atoms with Crippen molar-refractivity contribution in [2.75, 3.05) is 32.7 Å². The fraction of sp³-hybridized carbons (Fsp3) is 0.938. The summed E-state index contributed by atoms with van der Waals surface area (Å²) >= 11 is 0. The maximum absolute atomic E-state index is 5.90. The van der Waals surface area contributed by atoms with Gasteiger partial charge < -0.3 is 16.0 Å². The van der Waals surface area contributed by atoms with Crippen LogP contribution < -0.4 is 11.1 Å². The molecule has 1 heterocycles. The summed E-state index contributed by atoms with van der Waals surface area (Å²) in [6.45, 7) is 9.98. The van der Waals surface area contributed by atoms with Gasteiger partial charge in [0.25, 0.3) is 0 Å². The minimum Gasteiger partial charge on any atom is -0.370 e. The molecular formula is C16H34N4. The van der Waals surface area contributed by atoms with E-state index in [-0.39, 0.29) is 0 Å². The van der Waals surface area contributed by atoms with E-state index in [1.807, 2.05) is 0 Å². The quantitative estimate of drug-likeness (QED) is 0.388. The van der Waals surface area contributed by atoms with E-state index in [1.54, 1.807) is 0 Å². The van der Waals surface area contributed by atoms with Gasteiger partial charge in [0.1, 0.15) is 0 Å². The largest absolute Gasteiger partial charge is 0.370 e. The standard InChI is InChI=1S/C16H34N4/c1-3-4-5-7-10-18-16(17)19-13-15(2)14-20-11-8-6-9-12-20/h15H,3-14H2,1-2H3,(H3,17,18,19). The van der Waals surface area contributed by atoms with E-state index in [1.165, 1.54) is 58.0 Å². The van der Waals surface area contributed by atoms with E-state index in [2.05, 4.69) is 29.1 Å². The number of aliphatic imine (C=N–C) groups is 1. The molecule has 4 heteroatoms. The molecule has 3 N–H and O–H groups in total. The van der Waals surface area contributed by atoms with Crippen LogP contribution in [0, 0.1) is 5.92 Å². The SMILES string of the molecule is CCCCCCNC(N)=NCC(C)CN1CCCCC1. The Morgan fingerprint density at radius 1 is 1.20 bits per heavy atom. The van der Waals surface area contributed by atoms with Gasteiger partial charge >= 0.3 is 0 Å². The lowest BCUT2D eigenvalue weighted by Gasteiger charge is -2.28. The van der Waals surface area contributed by atoms with Crippen molar-refractivity contribution >= 4 is 5.96 Å². The number of guanidine groups is 1. The molecule has 1 fully saturated rings. The number of likely N-dealkylation sites (tertiary alicyclic amines) is 1. The van der Waals surface area contributed by atoms with Crippen molar-refractivity contribution in [2.24, 2.45) is 16.6 Å². The van der Waals surface area contributed by atoms with Crippen LogP contribution in [0.15, 0.2) is 4.99 Å². The Morgan fingerprint density at radius 2 is 1.95 bits per heavy atom. The Hall–Kier alpha value is -0.770. The van der Waals surface area contributed by atoms with Gasteiger partial charge in [0.2, 0.25) is 0 Å². The lowest BCUT2D eigenvalue weighted by molar-refractivity contribution is 0.203. The van der Waals surface area contributed by atoms with Gasteiger partial charge in [-0.2, -0.15) is 0 Å². The highest BCUT2D eigenvalue weighted by atomic mass is 15.1. The molecule has 1 aliphatic heterocycles. The lowest BCUT2D eigenvalue weighted by Crippen LogP contribution is -2.36. The van der Waals surface area contributed by atoms with Crippen LogP contribution in [0.1, 0.15) is 58.8 Å². The molecule has 0 bridgehead atoms. The third-order valence-electron chi connectivity index (χ3n) is 3.93.